The van der Waals surface area contributed by atoms with E-state index < -0.39 is 11.7 Å². The molecule has 2 aromatic carbocycles. The molecule has 0 radical (unpaired) electrons. The third-order valence-corrected chi connectivity index (χ3v) is 5.06. The number of hydrogen-bond acceptors (Lipinski definition) is 5. The van der Waals surface area contributed by atoms with Gasteiger partial charge < -0.3 is 14.6 Å². The van der Waals surface area contributed by atoms with E-state index in [0.29, 0.717) is 17.9 Å². The average Bonchev–Trinajstić information content (AvgIpc) is 3.29. The van der Waals surface area contributed by atoms with Crippen molar-refractivity contribution in [3.05, 3.63) is 93.7 Å². The second kappa shape index (κ2) is 9.23. The first-order valence-corrected chi connectivity index (χ1v) is 10.2. The number of rotatable bonds is 7. The molecule has 4 rings (SSSR count). The molecule has 0 atom stereocenters. The molecule has 32 heavy (non-hydrogen) atoms. The molecule has 9 heteroatoms. The van der Waals surface area contributed by atoms with E-state index in [0.717, 1.165) is 11.1 Å². The van der Waals surface area contributed by atoms with Gasteiger partial charge in [0.15, 0.2) is 23.1 Å². The summed E-state index contributed by atoms with van der Waals surface area (Å²) in [6.45, 7) is 4.07. The molecule has 0 aliphatic heterocycles. The molecule has 164 valence electrons. The standard InChI is InChI=1S/C23H20ClFN4O3/c1-14-6-5-7-16(10-14)11-29-12-18(24)22(27-29)26-23(30)21-17(15(2)32-28-21)13-31-20-9-4-3-8-19(20)25/h3-10,12H,11,13H2,1-2H3,(H,26,27,30). The van der Waals surface area contributed by atoms with Gasteiger partial charge in [0.05, 0.1) is 12.1 Å². The van der Waals surface area contributed by atoms with Crippen LogP contribution in [0.5, 0.6) is 5.75 Å². The van der Waals surface area contributed by atoms with Crippen molar-refractivity contribution < 1.29 is 18.4 Å². The first-order chi connectivity index (χ1) is 15.4. The van der Waals surface area contributed by atoms with Crippen molar-refractivity contribution >= 4 is 23.3 Å². The number of ether oxygens (including phenoxy) is 1. The van der Waals surface area contributed by atoms with E-state index in [1.54, 1.807) is 29.9 Å². The summed E-state index contributed by atoms with van der Waals surface area (Å²) in [4.78, 5) is 12.8. The average molecular weight is 455 g/mol. The number of aromatic nitrogens is 3. The molecule has 1 amide bonds. The van der Waals surface area contributed by atoms with Gasteiger partial charge in [0.25, 0.3) is 5.91 Å². The molecule has 0 aliphatic carbocycles. The van der Waals surface area contributed by atoms with Gasteiger partial charge in [0.2, 0.25) is 0 Å². The summed E-state index contributed by atoms with van der Waals surface area (Å²) in [5.41, 5.74) is 2.62. The number of amides is 1. The summed E-state index contributed by atoms with van der Waals surface area (Å²) >= 11 is 6.27. The van der Waals surface area contributed by atoms with Crippen LogP contribution in [0.25, 0.3) is 0 Å². The van der Waals surface area contributed by atoms with Gasteiger partial charge in [-0.15, -0.1) is 0 Å². The minimum Gasteiger partial charge on any atom is -0.486 e. The number of nitrogens with one attached hydrogen (secondary N) is 1. The van der Waals surface area contributed by atoms with Crippen LogP contribution in [0.2, 0.25) is 5.02 Å². The maximum atomic E-state index is 13.8. The quantitative estimate of drug-likeness (QED) is 0.417. The second-order valence-electron chi connectivity index (χ2n) is 7.25. The zero-order chi connectivity index (χ0) is 22.7. The van der Waals surface area contributed by atoms with Crippen LogP contribution in [-0.4, -0.2) is 20.8 Å². The molecule has 0 fully saturated rings. The lowest BCUT2D eigenvalue weighted by Crippen LogP contribution is -2.16. The van der Waals surface area contributed by atoms with Crippen LogP contribution in [0.15, 0.2) is 59.3 Å². The maximum Gasteiger partial charge on any atom is 0.279 e. The fourth-order valence-corrected chi connectivity index (χ4v) is 3.38. The number of carbonyl (C=O) groups is 1. The molecule has 0 bridgehead atoms. The maximum absolute atomic E-state index is 13.8. The number of hydrogen-bond donors (Lipinski definition) is 1. The Labute approximate surface area is 188 Å². The molecular weight excluding hydrogens is 435 g/mol. The summed E-state index contributed by atoms with van der Waals surface area (Å²) in [6, 6.07) is 14.0. The number of carbonyl (C=O) groups excluding carboxylic acids is 1. The molecule has 0 saturated heterocycles. The fraction of sp³-hybridized carbons (Fsp3) is 0.174. The Morgan fingerprint density at radius 1 is 1.22 bits per heavy atom. The third-order valence-electron chi connectivity index (χ3n) is 4.78. The summed E-state index contributed by atoms with van der Waals surface area (Å²) < 4.78 is 26.1. The van der Waals surface area contributed by atoms with Crippen LogP contribution >= 0.6 is 11.6 Å². The van der Waals surface area contributed by atoms with Gasteiger partial charge >= 0.3 is 0 Å². The van der Waals surface area contributed by atoms with E-state index in [2.05, 4.69) is 15.6 Å². The Balaban J connectivity index is 1.48. The first kappa shape index (κ1) is 21.6. The van der Waals surface area contributed by atoms with Crippen molar-refractivity contribution in [3.63, 3.8) is 0 Å². The smallest absolute Gasteiger partial charge is 0.279 e. The highest BCUT2D eigenvalue weighted by Crippen LogP contribution is 2.24. The van der Waals surface area contributed by atoms with Crippen molar-refractivity contribution in [1.29, 1.82) is 0 Å². The predicted molar refractivity (Wildman–Crippen MR) is 117 cm³/mol. The summed E-state index contributed by atoms with van der Waals surface area (Å²) in [6.07, 6.45) is 1.63. The Hall–Kier alpha value is -3.65. The van der Waals surface area contributed by atoms with Gasteiger partial charge in [0, 0.05) is 6.20 Å². The minimum atomic E-state index is -0.559. The van der Waals surface area contributed by atoms with Gasteiger partial charge in [-0.25, -0.2) is 4.39 Å². The van der Waals surface area contributed by atoms with Crippen LogP contribution in [0.1, 0.15) is 32.9 Å². The number of anilines is 1. The highest BCUT2D eigenvalue weighted by molar-refractivity contribution is 6.33. The van der Waals surface area contributed by atoms with Gasteiger partial charge in [-0.3, -0.25) is 9.48 Å². The van der Waals surface area contributed by atoms with Gasteiger partial charge in [-0.05, 0) is 31.5 Å². The lowest BCUT2D eigenvalue weighted by Gasteiger charge is -2.07. The fourth-order valence-electron chi connectivity index (χ4n) is 3.18. The van der Waals surface area contributed by atoms with Crippen molar-refractivity contribution in [1.82, 2.24) is 14.9 Å². The SMILES string of the molecule is Cc1cccc(Cn2cc(Cl)c(NC(=O)c3noc(C)c3COc3ccccc3F)n2)c1. The number of nitrogens with zero attached hydrogens (tertiary/aromatic N) is 3. The largest absolute Gasteiger partial charge is 0.486 e. The van der Waals surface area contributed by atoms with Crippen molar-refractivity contribution in [3.8, 4) is 5.75 Å². The van der Waals surface area contributed by atoms with Crippen LogP contribution < -0.4 is 10.1 Å². The van der Waals surface area contributed by atoms with E-state index in [1.807, 2.05) is 31.2 Å². The molecule has 0 spiro atoms. The van der Waals surface area contributed by atoms with E-state index >= 15 is 0 Å². The first-order valence-electron chi connectivity index (χ1n) is 9.83. The van der Waals surface area contributed by atoms with Crippen LogP contribution in [0.4, 0.5) is 10.2 Å². The topological polar surface area (TPSA) is 82.2 Å². The second-order valence-corrected chi connectivity index (χ2v) is 7.66. The normalized spacial score (nSPS) is 10.9. The molecule has 0 aliphatic rings. The molecule has 2 aromatic heterocycles. The van der Waals surface area contributed by atoms with Crippen molar-refractivity contribution in [2.24, 2.45) is 0 Å². The lowest BCUT2D eigenvalue weighted by molar-refractivity contribution is 0.101. The van der Waals surface area contributed by atoms with Crippen LogP contribution in [0, 0.1) is 19.7 Å². The molecule has 0 unspecified atom stereocenters. The third kappa shape index (κ3) is 4.81. The van der Waals surface area contributed by atoms with Gasteiger partial charge in [-0.2, -0.15) is 5.10 Å². The summed E-state index contributed by atoms with van der Waals surface area (Å²) in [5.74, 6) is -0.402. The zero-order valence-corrected chi connectivity index (χ0v) is 18.2. The number of aryl methyl sites for hydroxylation is 2. The Morgan fingerprint density at radius 2 is 2.03 bits per heavy atom. The molecular formula is C23H20ClFN4O3. The summed E-state index contributed by atoms with van der Waals surface area (Å²) in [7, 11) is 0. The highest BCUT2D eigenvalue weighted by Gasteiger charge is 2.22. The van der Waals surface area contributed by atoms with E-state index in [9.17, 15) is 9.18 Å². The van der Waals surface area contributed by atoms with Gasteiger partial charge in [0.1, 0.15) is 17.4 Å². The zero-order valence-electron chi connectivity index (χ0n) is 17.4. The molecule has 2 heterocycles. The Morgan fingerprint density at radius 3 is 2.81 bits per heavy atom. The van der Waals surface area contributed by atoms with E-state index in [1.165, 1.54) is 12.1 Å². The molecule has 1 N–H and O–H groups in total. The van der Waals surface area contributed by atoms with Crippen molar-refractivity contribution in [2.45, 2.75) is 27.0 Å². The Kier molecular flexibility index (Phi) is 6.23. The predicted octanol–water partition coefficient (Wildman–Crippen LogP) is 5.16. The summed E-state index contributed by atoms with van der Waals surface area (Å²) in [5, 5.41) is 11.1. The highest BCUT2D eigenvalue weighted by atomic mass is 35.5. The van der Waals surface area contributed by atoms with E-state index in [4.69, 9.17) is 20.9 Å². The number of benzene rings is 2. The lowest BCUT2D eigenvalue weighted by atomic mass is 10.1. The molecule has 7 nitrogen and oxygen atoms in total. The van der Waals surface area contributed by atoms with Crippen LogP contribution in [-0.2, 0) is 13.2 Å². The number of para-hydroxylation sites is 1. The number of halogens is 2. The Bertz CT molecular complexity index is 1270. The molecule has 4 aromatic rings. The monoisotopic (exact) mass is 454 g/mol. The van der Waals surface area contributed by atoms with Crippen molar-refractivity contribution in [2.75, 3.05) is 5.32 Å². The minimum absolute atomic E-state index is 0.0168. The van der Waals surface area contributed by atoms with Crippen LogP contribution in [0.3, 0.4) is 0 Å². The molecule has 0 saturated carbocycles. The van der Waals surface area contributed by atoms with E-state index in [-0.39, 0.29) is 28.9 Å². The van der Waals surface area contributed by atoms with Gasteiger partial charge in [-0.1, -0.05) is 58.7 Å².